The van der Waals surface area contributed by atoms with E-state index in [1.165, 1.54) is 0 Å². The Balaban J connectivity index is 1.41. The fourth-order valence-corrected chi connectivity index (χ4v) is 3.72. The fourth-order valence-electron chi connectivity index (χ4n) is 3.72. The minimum atomic E-state index is -0.0675. The molecule has 2 fully saturated rings. The number of carbonyl (C=O) groups is 1. The van der Waals surface area contributed by atoms with Gasteiger partial charge in [-0.15, -0.1) is 0 Å². The number of aromatic nitrogens is 3. The van der Waals surface area contributed by atoms with Crippen LogP contribution in [-0.4, -0.2) is 57.7 Å². The Labute approximate surface area is 152 Å². The second-order valence-electron chi connectivity index (χ2n) is 6.83. The molecule has 0 bridgehead atoms. The van der Waals surface area contributed by atoms with Gasteiger partial charge >= 0.3 is 0 Å². The molecule has 1 aliphatic carbocycles. The molecule has 2 aromatic heterocycles. The molecule has 0 N–H and O–H groups in total. The summed E-state index contributed by atoms with van der Waals surface area (Å²) in [5.74, 6) is 0.901. The first-order chi connectivity index (χ1) is 12.7. The van der Waals surface area contributed by atoms with Crippen LogP contribution in [0.25, 0.3) is 0 Å². The van der Waals surface area contributed by atoms with E-state index in [9.17, 15) is 4.79 Å². The number of morpholine rings is 1. The summed E-state index contributed by atoms with van der Waals surface area (Å²) >= 11 is 0. The number of aryl methyl sites for hydroxylation is 1. The number of ether oxygens (including phenoxy) is 2. The van der Waals surface area contributed by atoms with Crippen LogP contribution in [-0.2, 0) is 4.74 Å². The number of amides is 1. The summed E-state index contributed by atoms with van der Waals surface area (Å²) in [6.07, 6.45) is 6.71. The van der Waals surface area contributed by atoms with Crippen molar-refractivity contribution < 1.29 is 14.3 Å². The van der Waals surface area contributed by atoms with Crippen molar-refractivity contribution >= 4 is 5.91 Å². The lowest BCUT2D eigenvalue weighted by molar-refractivity contribution is -0.0450. The van der Waals surface area contributed by atoms with Crippen LogP contribution in [0.3, 0.4) is 0 Å². The van der Waals surface area contributed by atoms with E-state index >= 15 is 0 Å². The first-order valence-corrected chi connectivity index (χ1v) is 8.96. The standard InChI is InChI=1S/C19H22N4O3/c1-13-10-22-15(11-21-13)19(24)23-6-7-25-17-9-14(8-16(17)23)12-26-18-4-2-3-5-20-18/h2-5,10-11,14,16-17H,6-9,12H2,1H3. The van der Waals surface area contributed by atoms with Crippen molar-refractivity contribution in [2.75, 3.05) is 19.8 Å². The lowest BCUT2D eigenvalue weighted by atomic mass is 10.1. The van der Waals surface area contributed by atoms with Crippen molar-refractivity contribution in [2.45, 2.75) is 31.9 Å². The molecule has 2 aromatic rings. The molecule has 0 spiro atoms. The van der Waals surface area contributed by atoms with Crippen molar-refractivity contribution in [1.29, 1.82) is 0 Å². The molecule has 0 aromatic carbocycles. The maximum atomic E-state index is 12.9. The summed E-state index contributed by atoms with van der Waals surface area (Å²) < 4.78 is 11.7. The molecule has 4 rings (SSSR count). The van der Waals surface area contributed by atoms with E-state index in [1.807, 2.05) is 30.0 Å². The lowest BCUT2D eigenvalue weighted by Crippen LogP contribution is -2.51. The maximum Gasteiger partial charge on any atom is 0.274 e. The number of hydrogen-bond acceptors (Lipinski definition) is 6. The average molecular weight is 354 g/mol. The van der Waals surface area contributed by atoms with Crippen molar-refractivity contribution in [2.24, 2.45) is 5.92 Å². The molecule has 26 heavy (non-hydrogen) atoms. The largest absolute Gasteiger partial charge is 0.477 e. The Morgan fingerprint density at radius 3 is 2.96 bits per heavy atom. The second-order valence-corrected chi connectivity index (χ2v) is 6.83. The van der Waals surface area contributed by atoms with Gasteiger partial charge < -0.3 is 14.4 Å². The summed E-state index contributed by atoms with van der Waals surface area (Å²) in [5, 5.41) is 0. The molecule has 7 heteroatoms. The molecular weight excluding hydrogens is 332 g/mol. The van der Waals surface area contributed by atoms with E-state index in [-0.39, 0.29) is 18.1 Å². The molecule has 3 atom stereocenters. The number of nitrogens with zero attached hydrogens (tertiary/aromatic N) is 4. The summed E-state index contributed by atoms with van der Waals surface area (Å²) in [5.41, 5.74) is 1.19. The van der Waals surface area contributed by atoms with Crippen LogP contribution >= 0.6 is 0 Å². The lowest BCUT2D eigenvalue weighted by Gasteiger charge is -2.37. The van der Waals surface area contributed by atoms with E-state index in [2.05, 4.69) is 15.0 Å². The van der Waals surface area contributed by atoms with Gasteiger partial charge in [-0.3, -0.25) is 9.78 Å². The van der Waals surface area contributed by atoms with E-state index in [0.29, 0.717) is 37.3 Å². The Morgan fingerprint density at radius 2 is 2.19 bits per heavy atom. The molecule has 1 aliphatic heterocycles. The zero-order valence-corrected chi connectivity index (χ0v) is 14.7. The minimum Gasteiger partial charge on any atom is -0.477 e. The van der Waals surface area contributed by atoms with Gasteiger partial charge in [-0.2, -0.15) is 0 Å². The van der Waals surface area contributed by atoms with Gasteiger partial charge in [-0.1, -0.05) is 6.07 Å². The van der Waals surface area contributed by atoms with Crippen LogP contribution in [0.4, 0.5) is 0 Å². The quantitative estimate of drug-likeness (QED) is 0.834. The molecule has 1 saturated carbocycles. The van der Waals surface area contributed by atoms with Gasteiger partial charge in [0.15, 0.2) is 0 Å². The summed E-state index contributed by atoms with van der Waals surface area (Å²) in [7, 11) is 0. The predicted octanol–water partition coefficient (Wildman–Crippen LogP) is 1.88. The van der Waals surface area contributed by atoms with Crippen molar-refractivity contribution in [3.63, 3.8) is 0 Å². The third kappa shape index (κ3) is 3.53. The number of fused-ring (bicyclic) bond motifs is 1. The Bertz CT molecular complexity index is 753. The third-order valence-corrected chi connectivity index (χ3v) is 5.00. The molecule has 2 aliphatic rings. The molecule has 136 valence electrons. The second kappa shape index (κ2) is 7.37. The summed E-state index contributed by atoms with van der Waals surface area (Å²) in [6, 6.07) is 5.69. The van der Waals surface area contributed by atoms with Gasteiger partial charge in [0.1, 0.15) is 5.69 Å². The zero-order valence-electron chi connectivity index (χ0n) is 14.7. The minimum absolute atomic E-state index is 0.0587. The number of rotatable bonds is 4. The Hall–Kier alpha value is -2.54. The molecule has 1 saturated heterocycles. The van der Waals surface area contributed by atoms with E-state index < -0.39 is 0 Å². The van der Waals surface area contributed by atoms with Crippen LogP contribution < -0.4 is 4.74 Å². The van der Waals surface area contributed by atoms with E-state index in [4.69, 9.17) is 9.47 Å². The highest BCUT2D eigenvalue weighted by Crippen LogP contribution is 2.35. The molecule has 7 nitrogen and oxygen atoms in total. The smallest absolute Gasteiger partial charge is 0.274 e. The van der Waals surface area contributed by atoms with Crippen LogP contribution in [0, 0.1) is 12.8 Å². The topological polar surface area (TPSA) is 77.4 Å². The number of pyridine rings is 1. The van der Waals surface area contributed by atoms with Crippen LogP contribution in [0.5, 0.6) is 5.88 Å². The molecule has 3 unspecified atom stereocenters. The van der Waals surface area contributed by atoms with Crippen LogP contribution in [0.15, 0.2) is 36.8 Å². The number of hydrogen-bond donors (Lipinski definition) is 0. The van der Waals surface area contributed by atoms with Gasteiger partial charge in [0.05, 0.1) is 37.3 Å². The van der Waals surface area contributed by atoms with Crippen molar-refractivity contribution in [3.8, 4) is 5.88 Å². The predicted molar refractivity (Wildman–Crippen MR) is 93.8 cm³/mol. The van der Waals surface area contributed by atoms with Crippen LogP contribution in [0.2, 0.25) is 0 Å². The normalized spacial score (nSPS) is 25.0. The summed E-state index contributed by atoms with van der Waals surface area (Å²) in [6.45, 7) is 3.58. The van der Waals surface area contributed by atoms with Gasteiger partial charge in [0.2, 0.25) is 5.88 Å². The highest BCUT2D eigenvalue weighted by atomic mass is 16.5. The fraction of sp³-hybridized carbons (Fsp3) is 0.474. The van der Waals surface area contributed by atoms with E-state index in [1.54, 1.807) is 18.6 Å². The number of carbonyl (C=O) groups excluding carboxylic acids is 1. The average Bonchev–Trinajstić information content (AvgIpc) is 3.10. The Morgan fingerprint density at radius 1 is 1.27 bits per heavy atom. The van der Waals surface area contributed by atoms with Gasteiger partial charge in [0.25, 0.3) is 5.91 Å². The monoisotopic (exact) mass is 354 g/mol. The zero-order chi connectivity index (χ0) is 17.9. The molecule has 3 heterocycles. The summed E-state index contributed by atoms with van der Waals surface area (Å²) in [4.78, 5) is 27.4. The van der Waals surface area contributed by atoms with E-state index in [0.717, 1.165) is 18.5 Å². The van der Waals surface area contributed by atoms with Gasteiger partial charge in [-0.25, -0.2) is 9.97 Å². The van der Waals surface area contributed by atoms with Gasteiger partial charge in [-0.05, 0) is 31.7 Å². The first kappa shape index (κ1) is 16.9. The van der Waals surface area contributed by atoms with Gasteiger partial charge in [0, 0.05) is 25.0 Å². The van der Waals surface area contributed by atoms with Crippen molar-refractivity contribution in [1.82, 2.24) is 19.9 Å². The SMILES string of the molecule is Cc1cnc(C(=O)N2CCOC3CC(COc4ccccn4)CC32)cn1. The molecule has 0 radical (unpaired) electrons. The highest BCUT2D eigenvalue weighted by molar-refractivity contribution is 5.92. The van der Waals surface area contributed by atoms with Crippen LogP contribution in [0.1, 0.15) is 29.0 Å². The Kier molecular flexibility index (Phi) is 4.79. The third-order valence-electron chi connectivity index (χ3n) is 5.00. The first-order valence-electron chi connectivity index (χ1n) is 8.96. The van der Waals surface area contributed by atoms with Crippen molar-refractivity contribution in [3.05, 3.63) is 48.2 Å². The molecular formula is C19H22N4O3. The highest BCUT2D eigenvalue weighted by Gasteiger charge is 2.43. The maximum absolute atomic E-state index is 12.9. The molecule has 1 amide bonds.